The highest BCUT2D eigenvalue weighted by Crippen LogP contribution is 2.36. The Hall–Kier alpha value is -0.640. The maximum atomic E-state index is 5.99. The number of fused-ring (bicyclic) bond motifs is 1. The van der Waals surface area contributed by atoms with Gasteiger partial charge in [-0.25, -0.2) is 0 Å². The summed E-state index contributed by atoms with van der Waals surface area (Å²) in [5.74, 6) is 0. The van der Waals surface area contributed by atoms with Crippen LogP contribution in [0.4, 0.5) is 5.69 Å². The van der Waals surface area contributed by atoms with Gasteiger partial charge < -0.3 is 5.32 Å². The average molecular weight is 355 g/mol. The van der Waals surface area contributed by atoms with E-state index in [1.807, 2.05) is 30.0 Å². The highest BCUT2D eigenvalue weighted by Gasteiger charge is 2.21. The average Bonchev–Trinajstić information content (AvgIpc) is 2.83. The largest absolute Gasteiger partial charge is 0.384 e. The molecule has 1 atom stereocenters. The number of anilines is 1. The molecule has 0 amide bonds. The first-order chi connectivity index (χ1) is 9.22. The van der Waals surface area contributed by atoms with E-state index in [9.17, 15) is 0 Å². The molecule has 2 aromatic carbocycles. The minimum atomic E-state index is 0.604. The highest BCUT2D eigenvalue weighted by atomic mass is 79.9. The van der Waals surface area contributed by atoms with Crippen molar-refractivity contribution in [1.82, 2.24) is 0 Å². The summed E-state index contributed by atoms with van der Waals surface area (Å²) in [4.78, 5) is 1.42. The van der Waals surface area contributed by atoms with Crippen LogP contribution in [0, 0.1) is 0 Å². The maximum Gasteiger partial charge on any atom is 0.0549 e. The summed E-state index contributed by atoms with van der Waals surface area (Å²) in [7, 11) is 0. The third kappa shape index (κ3) is 3.10. The summed E-state index contributed by atoms with van der Waals surface area (Å²) in [6.45, 7) is 0.966. The van der Waals surface area contributed by atoms with Crippen LogP contribution >= 0.6 is 39.3 Å². The molecular weight excluding hydrogens is 342 g/mol. The third-order valence-electron chi connectivity index (χ3n) is 3.17. The monoisotopic (exact) mass is 353 g/mol. The van der Waals surface area contributed by atoms with Crippen LogP contribution in [-0.2, 0) is 6.42 Å². The lowest BCUT2D eigenvalue weighted by Crippen LogP contribution is -2.15. The summed E-state index contributed by atoms with van der Waals surface area (Å²) in [5, 5.41) is 4.83. The van der Waals surface area contributed by atoms with Crippen LogP contribution in [0.3, 0.4) is 0 Å². The van der Waals surface area contributed by atoms with Crippen LogP contribution in [0.25, 0.3) is 0 Å². The molecule has 0 aliphatic carbocycles. The van der Waals surface area contributed by atoms with Crippen LogP contribution in [0.15, 0.2) is 51.8 Å². The second-order valence-electron chi connectivity index (χ2n) is 4.56. The number of hydrogen-bond donors (Lipinski definition) is 1. The van der Waals surface area contributed by atoms with Crippen LogP contribution in [0.1, 0.15) is 5.56 Å². The second-order valence-corrected chi connectivity index (χ2v) is 7.17. The Morgan fingerprint density at radius 1 is 1.26 bits per heavy atom. The Labute approximate surface area is 130 Å². The molecule has 1 unspecified atom stereocenters. The standard InChI is InChI=1S/C15H13BrClNS/c16-13-8-11(5-6-14(13)17)18-9-12-7-10-3-1-2-4-15(10)19-12/h1-6,8,12,18H,7,9H2. The molecule has 19 heavy (non-hydrogen) atoms. The van der Waals surface area contributed by atoms with Crippen molar-refractivity contribution >= 4 is 45.0 Å². The molecule has 0 spiro atoms. The van der Waals surface area contributed by atoms with E-state index in [0.717, 1.165) is 28.1 Å². The molecule has 1 aliphatic heterocycles. The van der Waals surface area contributed by atoms with E-state index in [4.69, 9.17) is 11.6 Å². The van der Waals surface area contributed by atoms with Gasteiger partial charge in [0.25, 0.3) is 0 Å². The molecule has 0 radical (unpaired) electrons. The van der Waals surface area contributed by atoms with Crippen LogP contribution < -0.4 is 5.32 Å². The van der Waals surface area contributed by atoms with E-state index in [1.54, 1.807) is 0 Å². The van der Waals surface area contributed by atoms with Crippen molar-refractivity contribution < 1.29 is 0 Å². The fourth-order valence-corrected chi connectivity index (χ4v) is 3.95. The van der Waals surface area contributed by atoms with E-state index in [-0.39, 0.29) is 0 Å². The molecule has 4 heteroatoms. The lowest BCUT2D eigenvalue weighted by molar-refractivity contribution is 0.899. The zero-order valence-corrected chi connectivity index (χ0v) is 13.4. The molecule has 1 nitrogen and oxygen atoms in total. The van der Waals surface area contributed by atoms with Gasteiger partial charge in [0.2, 0.25) is 0 Å². The summed E-state index contributed by atoms with van der Waals surface area (Å²) < 4.78 is 0.932. The second kappa shape index (κ2) is 5.78. The smallest absolute Gasteiger partial charge is 0.0549 e. The summed E-state index contributed by atoms with van der Waals surface area (Å²) in [6.07, 6.45) is 1.14. The molecule has 0 saturated carbocycles. The maximum absolute atomic E-state index is 5.99. The number of benzene rings is 2. The lowest BCUT2D eigenvalue weighted by atomic mass is 10.1. The fraction of sp³-hybridized carbons (Fsp3) is 0.200. The molecule has 1 heterocycles. The van der Waals surface area contributed by atoms with Gasteiger partial charge in [-0.05, 0) is 52.2 Å². The summed E-state index contributed by atoms with van der Waals surface area (Å²) in [5.41, 5.74) is 2.57. The van der Waals surface area contributed by atoms with Crippen molar-refractivity contribution in [2.24, 2.45) is 0 Å². The van der Waals surface area contributed by atoms with E-state index < -0.39 is 0 Å². The van der Waals surface area contributed by atoms with Gasteiger partial charge in [-0.2, -0.15) is 0 Å². The van der Waals surface area contributed by atoms with E-state index in [1.165, 1.54) is 10.5 Å². The molecule has 1 aliphatic rings. The number of halogens is 2. The Balaban J connectivity index is 1.61. The van der Waals surface area contributed by atoms with Gasteiger partial charge in [0, 0.05) is 26.9 Å². The minimum absolute atomic E-state index is 0.604. The Morgan fingerprint density at radius 2 is 2.11 bits per heavy atom. The predicted octanol–water partition coefficient (Wildman–Crippen LogP) is 5.23. The topological polar surface area (TPSA) is 12.0 Å². The zero-order valence-electron chi connectivity index (χ0n) is 10.2. The van der Waals surface area contributed by atoms with Gasteiger partial charge in [0.05, 0.1) is 5.02 Å². The molecule has 3 rings (SSSR count). The lowest BCUT2D eigenvalue weighted by Gasteiger charge is -2.12. The zero-order chi connectivity index (χ0) is 13.2. The first-order valence-corrected chi connectivity index (χ1v) is 8.21. The molecule has 0 bridgehead atoms. The Bertz CT molecular complexity index is 577. The van der Waals surface area contributed by atoms with Gasteiger partial charge in [-0.1, -0.05) is 29.8 Å². The van der Waals surface area contributed by atoms with Gasteiger partial charge in [-0.15, -0.1) is 11.8 Å². The fourth-order valence-electron chi connectivity index (χ4n) is 2.21. The molecule has 2 aromatic rings. The van der Waals surface area contributed by atoms with Crippen LogP contribution in [-0.4, -0.2) is 11.8 Å². The van der Waals surface area contributed by atoms with Gasteiger partial charge >= 0.3 is 0 Å². The SMILES string of the molecule is Clc1ccc(NCC2Cc3ccccc3S2)cc1Br. The molecular formula is C15H13BrClNS. The molecule has 0 saturated heterocycles. The number of nitrogens with one attached hydrogen (secondary N) is 1. The Morgan fingerprint density at radius 3 is 2.89 bits per heavy atom. The molecule has 0 aromatic heterocycles. The van der Waals surface area contributed by atoms with Crippen molar-refractivity contribution in [3.05, 3.63) is 57.5 Å². The Kier molecular flexibility index (Phi) is 4.06. The number of rotatable bonds is 3. The minimum Gasteiger partial charge on any atom is -0.384 e. The van der Waals surface area contributed by atoms with Gasteiger partial charge in [0.15, 0.2) is 0 Å². The van der Waals surface area contributed by atoms with Crippen molar-refractivity contribution in [2.75, 3.05) is 11.9 Å². The first kappa shape index (κ1) is 13.3. The molecule has 1 N–H and O–H groups in total. The summed E-state index contributed by atoms with van der Waals surface area (Å²) >= 11 is 11.4. The van der Waals surface area contributed by atoms with E-state index >= 15 is 0 Å². The van der Waals surface area contributed by atoms with E-state index in [2.05, 4.69) is 45.5 Å². The van der Waals surface area contributed by atoms with Crippen LogP contribution in [0.5, 0.6) is 0 Å². The van der Waals surface area contributed by atoms with Crippen molar-refractivity contribution in [1.29, 1.82) is 0 Å². The third-order valence-corrected chi connectivity index (χ3v) is 5.70. The first-order valence-electron chi connectivity index (χ1n) is 6.16. The normalized spacial score (nSPS) is 17.3. The van der Waals surface area contributed by atoms with Crippen molar-refractivity contribution in [2.45, 2.75) is 16.6 Å². The predicted molar refractivity (Wildman–Crippen MR) is 87.4 cm³/mol. The van der Waals surface area contributed by atoms with E-state index in [0.29, 0.717) is 5.25 Å². The number of thioether (sulfide) groups is 1. The quantitative estimate of drug-likeness (QED) is 0.810. The number of hydrogen-bond acceptors (Lipinski definition) is 2. The van der Waals surface area contributed by atoms with Gasteiger partial charge in [0.1, 0.15) is 0 Å². The highest BCUT2D eigenvalue weighted by molar-refractivity contribution is 9.10. The summed E-state index contributed by atoms with van der Waals surface area (Å²) in [6, 6.07) is 14.6. The van der Waals surface area contributed by atoms with Gasteiger partial charge in [-0.3, -0.25) is 0 Å². The molecule has 98 valence electrons. The van der Waals surface area contributed by atoms with Crippen molar-refractivity contribution in [3.63, 3.8) is 0 Å². The van der Waals surface area contributed by atoms with Crippen molar-refractivity contribution in [3.8, 4) is 0 Å². The molecule has 0 fully saturated rings. The van der Waals surface area contributed by atoms with Crippen LogP contribution in [0.2, 0.25) is 5.02 Å².